The lowest BCUT2D eigenvalue weighted by Gasteiger charge is -2.28. The van der Waals surface area contributed by atoms with Gasteiger partial charge in [0.05, 0.1) is 12.6 Å². The van der Waals surface area contributed by atoms with Crippen molar-refractivity contribution in [2.24, 2.45) is 0 Å². The van der Waals surface area contributed by atoms with Crippen LogP contribution in [-0.2, 0) is 6.54 Å². The van der Waals surface area contributed by atoms with Gasteiger partial charge in [-0.1, -0.05) is 18.2 Å². The fraction of sp³-hybridized carbons (Fsp3) is 0.375. The number of aromatic nitrogens is 1. The molecule has 2 amide bonds. The first kappa shape index (κ1) is 15.4. The Hall–Kier alpha value is -1.53. The highest BCUT2D eigenvalue weighted by atomic mass is 32.2. The summed E-state index contributed by atoms with van der Waals surface area (Å²) in [6.07, 6.45) is 0.970. The number of aryl methyl sites for hydroxylation is 1. The number of hydrogen-bond donors (Lipinski definition) is 1. The molecule has 2 aromatic rings. The Labute approximate surface area is 138 Å². The zero-order valence-electron chi connectivity index (χ0n) is 12.7. The molecule has 22 heavy (non-hydrogen) atoms. The highest BCUT2D eigenvalue weighted by molar-refractivity contribution is 7.99. The van der Waals surface area contributed by atoms with Crippen LogP contribution in [0.2, 0.25) is 0 Å². The van der Waals surface area contributed by atoms with Crippen LogP contribution >= 0.6 is 23.1 Å². The van der Waals surface area contributed by atoms with Crippen LogP contribution in [0.4, 0.5) is 4.79 Å². The van der Waals surface area contributed by atoms with Crippen LogP contribution < -0.4 is 5.32 Å². The predicted octanol–water partition coefficient (Wildman–Crippen LogP) is 3.83. The van der Waals surface area contributed by atoms with E-state index in [9.17, 15) is 4.79 Å². The van der Waals surface area contributed by atoms with E-state index in [2.05, 4.69) is 22.4 Å². The van der Waals surface area contributed by atoms with Gasteiger partial charge in [0.15, 0.2) is 0 Å². The van der Waals surface area contributed by atoms with Crippen molar-refractivity contribution in [1.29, 1.82) is 0 Å². The molecule has 1 aliphatic heterocycles. The number of amides is 2. The Morgan fingerprint density at radius 1 is 1.45 bits per heavy atom. The van der Waals surface area contributed by atoms with Crippen molar-refractivity contribution in [2.75, 3.05) is 12.8 Å². The summed E-state index contributed by atoms with van der Waals surface area (Å²) in [5.41, 5.74) is 2.23. The second-order valence-corrected chi connectivity index (χ2v) is 7.50. The lowest BCUT2D eigenvalue weighted by molar-refractivity contribution is 0.202. The first-order valence-corrected chi connectivity index (χ1v) is 9.14. The van der Waals surface area contributed by atoms with E-state index in [-0.39, 0.29) is 12.1 Å². The van der Waals surface area contributed by atoms with Gasteiger partial charge in [0.25, 0.3) is 0 Å². The highest BCUT2D eigenvalue weighted by Gasteiger charge is 2.23. The Bertz CT molecular complexity index is 671. The number of urea groups is 1. The minimum Gasteiger partial charge on any atom is -0.331 e. The fourth-order valence-electron chi connectivity index (χ4n) is 2.50. The minimum absolute atomic E-state index is 0.0421. The molecule has 0 spiro atoms. The molecule has 2 heterocycles. The number of thiazole rings is 1. The number of fused-ring (bicyclic) bond motifs is 1. The summed E-state index contributed by atoms with van der Waals surface area (Å²) in [5, 5.41) is 6.13. The van der Waals surface area contributed by atoms with Gasteiger partial charge in [-0.15, -0.1) is 23.1 Å². The molecule has 0 unspecified atom stereocenters. The molecule has 4 nitrogen and oxygen atoms in total. The average Bonchev–Trinajstić information content (AvgIpc) is 2.92. The molecule has 1 N–H and O–H groups in total. The van der Waals surface area contributed by atoms with Gasteiger partial charge < -0.3 is 10.2 Å². The number of hydrogen-bond acceptors (Lipinski definition) is 4. The largest absolute Gasteiger partial charge is 0.331 e. The van der Waals surface area contributed by atoms with Crippen LogP contribution in [0.15, 0.2) is 34.5 Å². The molecule has 1 aromatic heterocycles. The average molecular weight is 333 g/mol. The maximum Gasteiger partial charge on any atom is 0.318 e. The van der Waals surface area contributed by atoms with Crippen molar-refractivity contribution in [3.8, 4) is 0 Å². The van der Waals surface area contributed by atoms with Gasteiger partial charge in [-0.25, -0.2) is 9.78 Å². The van der Waals surface area contributed by atoms with Crippen LogP contribution in [0.1, 0.15) is 28.7 Å². The summed E-state index contributed by atoms with van der Waals surface area (Å²) in [6.45, 7) is 2.52. The molecule has 116 valence electrons. The van der Waals surface area contributed by atoms with E-state index >= 15 is 0 Å². The summed E-state index contributed by atoms with van der Waals surface area (Å²) in [6, 6.07) is 8.38. The number of nitrogens with zero attached hydrogens (tertiary/aromatic N) is 2. The number of carbonyl (C=O) groups excluding carboxylic acids is 1. The maximum atomic E-state index is 12.4. The monoisotopic (exact) mass is 333 g/mol. The fourth-order valence-corrected chi connectivity index (χ4v) is 4.45. The van der Waals surface area contributed by atoms with Crippen molar-refractivity contribution >= 4 is 29.1 Å². The van der Waals surface area contributed by atoms with Crippen LogP contribution in [0.5, 0.6) is 0 Å². The van der Waals surface area contributed by atoms with Crippen LogP contribution in [0.3, 0.4) is 0 Å². The van der Waals surface area contributed by atoms with E-state index in [0.29, 0.717) is 6.54 Å². The van der Waals surface area contributed by atoms with Crippen LogP contribution in [0, 0.1) is 6.92 Å². The first-order chi connectivity index (χ1) is 10.6. The number of benzene rings is 1. The highest BCUT2D eigenvalue weighted by Crippen LogP contribution is 2.35. The zero-order valence-corrected chi connectivity index (χ0v) is 14.3. The Balaban J connectivity index is 1.64. The lowest BCUT2D eigenvalue weighted by atomic mass is 10.0. The Morgan fingerprint density at radius 3 is 3.05 bits per heavy atom. The number of nitrogens with one attached hydrogen (secondary N) is 1. The van der Waals surface area contributed by atoms with Gasteiger partial charge in [0.1, 0.15) is 5.01 Å². The summed E-state index contributed by atoms with van der Waals surface area (Å²) in [5.74, 6) is 1.04. The number of thioether (sulfide) groups is 1. The molecule has 0 saturated carbocycles. The molecule has 6 heteroatoms. The van der Waals surface area contributed by atoms with E-state index in [0.717, 1.165) is 22.9 Å². The van der Waals surface area contributed by atoms with Crippen LogP contribution in [0.25, 0.3) is 0 Å². The first-order valence-electron chi connectivity index (χ1n) is 7.28. The zero-order chi connectivity index (χ0) is 15.5. The number of carbonyl (C=O) groups is 1. The lowest BCUT2D eigenvalue weighted by Crippen LogP contribution is -2.39. The third-order valence-electron chi connectivity index (χ3n) is 3.64. The van der Waals surface area contributed by atoms with Crippen LogP contribution in [-0.4, -0.2) is 28.7 Å². The maximum absolute atomic E-state index is 12.4. The topological polar surface area (TPSA) is 45.2 Å². The summed E-state index contributed by atoms with van der Waals surface area (Å²) >= 11 is 3.45. The Kier molecular flexibility index (Phi) is 4.69. The smallest absolute Gasteiger partial charge is 0.318 e. The SMILES string of the molecule is Cc1csc(CN(C)C(=O)N[C@H]2CCSc3ccccc32)n1. The second-order valence-electron chi connectivity index (χ2n) is 5.42. The molecule has 0 saturated heterocycles. The molecule has 0 bridgehead atoms. The molecule has 1 aromatic carbocycles. The molecule has 1 aliphatic rings. The molecule has 3 rings (SSSR count). The van der Waals surface area contributed by atoms with Gasteiger partial charge in [-0.05, 0) is 25.0 Å². The van der Waals surface area contributed by atoms with Crippen molar-refractivity contribution < 1.29 is 4.79 Å². The van der Waals surface area contributed by atoms with E-state index < -0.39 is 0 Å². The Morgan fingerprint density at radius 2 is 2.27 bits per heavy atom. The van der Waals surface area contributed by atoms with Crippen molar-refractivity contribution in [1.82, 2.24) is 15.2 Å². The van der Waals surface area contributed by atoms with Gasteiger partial charge in [-0.3, -0.25) is 0 Å². The second kappa shape index (κ2) is 6.71. The van der Waals surface area contributed by atoms with E-state index in [1.54, 1.807) is 16.2 Å². The summed E-state index contributed by atoms with van der Waals surface area (Å²) in [7, 11) is 1.82. The quantitative estimate of drug-likeness (QED) is 0.928. The van der Waals surface area contributed by atoms with E-state index in [1.807, 2.05) is 43.2 Å². The third-order valence-corrected chi connectivity index (χ3v) is 5.72. The predicted molar refractivity (Wildman–Crippen MR) is 91.4 cm³/mol. The molecule has 1 atom stereocenters. The molecule has 0 aliphatic carbocycles. The minimum atomic E-state index is -0.0421. The van der Waals surface area contributed by atoms with Crippen molar-refractivity contribution in [3.63, 3.8) is 0 Å². The normalized spacial score (nSPS) is 16.9. The van der Waals surface area contributed by atoms with E-state index in [1.165, 1.54) is 10.5 Å². The third kappa shape index (κ3) is 3.44. The van der Waals surface area contributed by atoms with Gasteiger partial charge in [0.2, 0.25) is 0 Å². The van der Waals surface area contributed by atoms with Gasteiger partial charge >= 0.3 is 6.03 Å². The standard InChI is InChI=1S/C16H19N3OS2/c1-11-10-22-15(17-11)9-19(2)16(20)18-13-7-8-21-14-6-4-3-5-12(13)14/h3-6,10,13H,7-9H2,1-2H3,(H,18,20)/t13-/m0/s1. The molecule has 0 fully saturated rings. The number of rotatable bonds is 3. The van der Waals surface area contributed by atoms with Crippen molar-refractivity contribution in [3.05, 3.63) is 45.9 Å². The molecular weight excluding hydrogens is 314 g/mol. The summed E-state index contributed by atoms with van der Waals surface area (Å²) < 4.78 is 0. The van der Waals surface area contributed by atoms with Gasteiger partial charge in [0, 0.05) is 28.8 Å². The molecule has 0 radical (unpaired) electrons. The summed E-state index contributed by atoms with van der Waals surface area (Å²) in [4.78, 5) is 19.8. The van der Waals surface area contributed by atoms with Gasteiger partial charge in [-0.2, -0.15) is 0 Å². The van der Waals surface area contributed by atoms with Crippen molar-refractivity contribution in [2.45, 2.75) is 30.8 Å². The molecular formula is C16H19N3OS2. The van der Waals surface area contributed by atoms with E-state index in [4.69, 9.17) is 0 Å².